The van der Waals surface area contributed by atoms with Crippen molar-refractivity contribution in [2.75, 3.05) is 6.26 Å². The molecule has 0 bridgehead atoms. The van der Waals surface area contributed by atoms with Crippen LogP contribution in [0.3, 0.4) is 0 Å². The Labute approximate surface area is 99.8 Å². The third-order valence-corrected chi connectivity index (χ3v) is 2.98. The Morgan fingerprint density at radius 2 is 2.12 bits per heavy atom. The number of carbonyl (C=O) groups is 1. The Kier molecular flexibility index (Phi) is 4.87. The lowest BCUT2D eigenvalue weighted by Gasteiger charge is -2.13. The molecule has 84 valence electrons. The van der Waals surface area contributed by atoms with Gasteiger partial charge in [0.05, 0.1) is 12.1 Å². The molecule has 0 aromatic heterocycles. The van der Waals surface area contributed by atoms with Crippen molar-refractivity contribution in [3.8, 4) is 6.07 Å². The lowest BCUT2D eigenvalue weighted by Crippen LogP contribution is -2.25. The lowest BCUT2D eigenvalue weighted by atomic mass is 10.1. The molecule has 0 spiro atoms. The normalized spacial score (nSPS) is 11.6. The van der Waals surface area contributed by atoms with Crippen LogP contribution in [0.25, 0.3) is 0 Å². The zero-order valence-electron chi connectivity index (χ0n) is 9.36. The standard InChI is InChI=1S/C12H14N2OS/c1-9(14-12(15)7-8-13)10-3-5-11(16-2)6-4-10/h3-6,9H,7H2,1-2H3,(H,14,15). The van der Waals surface area contributed by atoms with Gasteiger partial charge in [-0.05, 0) is 30.9 Å². The monoisotopic (exact) mass is 234 g/mol. The molecule has 0 aliphatic rings. The number of hydrogen-bond acceptors (Lipinski definition) is 3. The molecular formula is C12H14N2OS. The van der Waals surface area contributed by atoms with E-state index >= 15 is 0 Å². The van der Waals surface area contributed by atoms with E-state index in [9.17, 15) is 4.79 Å². The van der Waals surface area contributed by atoms with Crippen LogP contribution in [0.1, 0.15) is 24.9 Å². The minimum atomic E-state index is -0.232. The van der Waals surface area contributed by atoms with Crippen molar-refractivity contribution < 1.29 is 4.79 Å². The minimum Gasteiger partial charge on any atom is -0.349 e. The number of nitrogens with one attached hydrogen (secondary N) is 1. The molecule has 16 heavy (non-hydrogen) atoms. The first-order chi connectivity index (χ1) is 7.67. The summed E-state index contributed by atoms with van der Waals surface area (Å²) in [6.45, 7) is 1.91. The molecule has 1 unspecified atom stereocenters. The summed E-state index contributed by atoms with van der Waals surface area (Å²) in [6, 6.07) is 9.79. The van der Waals surface area contributed by atoms with Gasteiger partial charge in [0.25, 0.3) is 0 Å². The van der Waals surface area contributed by atoms with Crippen LogP contribution in [-0.4, -0.2) is 12.2 Å². The van der Waals surface area contributed by atoms with E-state index in [1.807, 2.05) is 43.5 Å². The molecule has 0 saturated heterocycles. The van der Waals surface area contributed by atoms with E-state index < -0.39 is 0 Å². The molecule has 0 heterocycles. The molecule has 0 aliphatic carbocycles. The van der Waals surface area contributed by atoms with Crippen molar-refractivity contribution in [2.24, 2.45) is 0 Å². The van der Waals surface area contributed by atoms with E-state index in [1.165, 1.54) is 4.90 Å². The molecule has 0 aliphatic heterocycles. The highest BCUT2D eigenvalue weighted by Gasteiger charge is 2.08. The second-order valence-electron chi connectivity index (χ2n) is 3.40. The Morgan fingerprint density at radius 1 is 1.50 bits per heavy atom. The molecular weight excluding hydrogens is 220 g/mol. The van der Waals surface area contributed by atoms with Crippen LogP contribution in [0.15, 0.2) is 29.2 Å². The van der Waals surface area contributed by atoms with Crippen molar-refractivity contribution in [3.63, 3.8) is 0 Å². The minimum absolute atomic E-state index is 0.0586. The lowest BCUT2D eigenvalue weighted by molar-refractivity contribution is -0.120. The second kappa shape index (κ2) is 6.19. The Bertz CT molecular complexity index is 394. The number of benzene rings is 1. The fourth-order valence-electron chi connectivity index (χ4n) is 1.34. The van der Waals surface area contributed by atoms with E-state index in [4.69, 9.17) is 5.26 Å². The van der Waals surface area contributed by atoms with Gasteiger partial charge in [-0.2, -0.15) is 5.26 Å². The van der Waals surface area contributed by atoms with Crippen LogP contribution in [-0.2, 0) is 4.79 Å². The van der Waals surface area contributed by atoms with Crippen molar-refractivity contribution in [1.82, 2.24) is 5.32 Å². The van der Waals surface area contributed by atoms with Crippen LogP contribution in [0, 0.1) is 11.3 Å². The number of hydrogen-bond donors (Lipinski definition) is 1. The third-order valence-electron chi connectivity index (χ3n) is 2.23. The first kappa shape index (κ1) is 12.6. The molecule has 0 fully saturated rings. The predicted octanol–water partition coefficient (Wildman–Crippen LogP) is 2.50. The van der Waals surface area contributed by atoms with Gasteiger partial charge in [0.2, 0.25) is 5.91 Å². The highest BCUT2D eigenvalue weighted by atomic mass is 32.2. The van der Waals surface area contributed by atoms with Gasteiger partial charge >= 0.3 is 0 Å². The topological polar surface area (TPSA) is 52.9 Å². The van der Waals surface area contributed by atoms with Crippen molar-refractivity contribution in [1.29, 1.82) is 5.26 Å². The van der Waals surface area contributed by atoms with Gasteiger partial charge in [-0.3, -0.25) is 4.79 Å². The average Bonchev–Trinajstić information content (AvgIpc) is 2.29. The van der Waals surface area contributed by atoms with E-state index in [0.29, 0.717) is 0 Å². The Hall–Kier alpha value is -1.47. The molecule has 1 rings (SSSR count). The summed E-state index contributed by atoms with van der Waals surface area (Å²) in [6.07, 6.45) is 1.93. The van der Waals surface area contributed by atoms with Crippen LogP contribution >= 0.6 is 11.8 Å². The summed E-state index contributed by atoms with van der Waals surface area (Å²) in [5.74, 6) is -0.232. The van der Waals surface area contributed by atoms with Crippen LogP contribution < -0.4 is 5.32 Å². The molecule has 3 nitrogen and oxygen atoms in total. The van der Waals surface area contributed by atoms with Crippen molar-refractivity contribution in [2.45, 2.75) is 24.3 Å². The zero-order valence-corrected chi connectivity index (χ0v) is 10.2. The average molecular weight is 234 g/mol. The predicted molar refractivity (Wildman–Crippen MR) is 65.0 cm³/mol. The fourth-order valence-corrected chi connectivity index (χ4v) is 1.75. The summed E-state index contributed by atoms with van der Waals surface area (Å²) >= 11 is 1.68. The van der Waals surface area contributed by atoms with Gasteiger partial charge in [-0.25, -0.2) is 0 Å². The highest BCUT2D eigenvalue weighted by Crippen LogP contribution is 2.18. The van der Waals surface area contributed by atoms with Crippen LogP contribution in [0.2, 0.25) is 0 Å². The summed E-state index contributed by atoms with van der Waals surface area (Å²) in [7, 11) is 0. The maximum Gasteiger partial charge on any atom is 0.234 e. The number of thioether (sulfide) groups is 1. The number of nitrogens with zero attached hydrogens (tertiary/aromatic N) is 1. The summed E-state index contributed by atoms with van der Waals surface area (Å²) in [4.78, 5) is 12.4. The summed E-state index contributed by atoms with van der Waals surface area (Å²) < 4.78 is 0. The summed E-state index contributed by atoms with van der Waals surface area (Å²) in [5, 5.41) is 11.1. The molecule has 1 amide bonds. The maximum atomic E-state index is 11.2. The molecule has 1 aromatic carbocycles. The quantitative estimate of drug-likeness (QED) is 0.814. The van der Waals surface area contributed by atoms with Gasteiger partial charge < -0.3 is 5.32 Å². The number of amides is 1. The van der Waals surface area contributed by atoms with E-state index in [0.717, 1.165) is 5.56 Å². The number of nitriles is 1. The van der Waals surface area contributed by atoms with E-state index in [2.05, 4.69) is 5.32 Å². The van der Waals surface area contributed by atoms with Gasteiger partial charge in [0, 0.05) is 4.90 Å². The van der Waals surface area contributed by atoms with E-state index in [1.54, 1.807) is 11.8 Å². The Balaban J connectivity index is 2.62. The molecule has 1 atom stereocenters. The largest absolute Gasteiger partial charge is 0.349 e. The van der Waals surface area contributed by atoms with Gasteiger partial charge in [-0.15, -0.1) is 11.8 Å². The van der Waals surface area contributed by atoms with E-state index in [-0.39, 0.29) is 18.4 Å². The molecule has 4 heteroatoms. The first-order valence-corrected chi connectivity index (χ1v) is 6.20. The van der Waals surface area contributed by atoms with Crippen molar-refractivity contribution >= 4 is 17.7 Å². The summed E-state index contributed by atoms with van der Waals surface area (Å²) in [5.41, 5.74) is 1.05. The van der Waals surface area contributed by atoms with Crippen LogP contribution in [0.4, 0.5) is 0 Å². The SMILES string of the molecule is CSc1ccc(C(C)NC(=O)CC#N)cc1. The molecule has 1 aromatic rings. The number of carbonyl (C=O) groups excluding carboxylic acids is 1. The third kappa shape index (κ3) is 3.59. The van der Waals surface area contributed by atoms with Crippen molar-refractivity contribution in [3.05, 3.63) is 29.8 Å². The smallest absolute Gasteiger partial charge is 0.234 e. The Morgan fingerprint density at radius 3 is 2.62 bits per heavy atom. The second-order valence-corrected chi connectivity index (χ2v) is 4.28. The van der Waals surface area contributed by atoms with Gasteiger partial charge in [-0.1, -0.05) is 12.1 Å². The fraction of sp³-hybridized carbons (Fsp3) is 0.333. The maximum absolute atomic E-state index is 11.2. The number of rotatable bonds is 4. The van der Waals surface area contributed by atoms with Gasteiger partial charge in [0.15, 0.2) is 0 Å². The van der Waals surface area contributed by atoms with Gasteiger partial charge in [0.1, 0.15) is 6.42 Å². The zero-order chi connectivity index (χ0) is 12.0. The van der Waals surface area contributed by atoms with Crippen LogP contribution in [0.5, 0.6) is 0 Å². The molecule has 0 saturated carbocycles. The highest BCUT2D eigenvalue weighted by molar-refractivity contribution is 7.98. The molecule has 0 radical (unpaired) electrons. The first-order valence-electron chi connectivity index (χ1n) is 4.97. The molecule has 1 N–H and O–H groups in total.